The lowest BCUT2D eigenvalue weighted by molar-refractivity contribution is 0.0273. The van der Waals surface area contributed by atoms with E-state index in [-0.39, 0.29) is 18.3 Å². The lowest BCUT2D eigenvalue weighted by atomic mass is 10.0. The molecule has 1 N–H and O–H groups in total. The van der Waals surface area contributed by atoms with E-state index in [1.165, 1.54) is 5.69 Å². The van der Waals surface area contributed by atoms with Crippen molar-refractivity contribution in [3.63, 3.8) is 0 Å². The highest BCUT2D eigenvalue weighted by Crippen LogP contribution is 2.34. The van der Waals surface area contributed by atoms with Gasteiger partial charge in [0.1, 0.15) is 6.10 Å². The number of ether oxygens (including phenoxy) is 3. The van der Waals surface area contributed by atoms with Gasteiger partial charge in [-0.1, -0.05) is 11.6 Å². The molecular weight excluding hydrogens is 382 g/mol. The van der Waals surface area contributed by atoms with Crippen molar-refractivity contribution in [1.29, 1.82) is 0 Å². The number of pyridine rings is 1. The van der Waals surface area contributed by atoms with E-state index in [2.05, 4.69) is 19.7 Å². The minimum absolute atomic E-state index is 0.0285. The summed E-state index contributed by atoms with van der Waals surface area (Å²) < 4.78 is 19.5. The monoisotopic (exact) mass is 401 g/mol. The fourth-order valence-corrected chi connectivity index (χ4v) is 4.69. The molecule has 28 heavy (non-hydrogen) atoms. The fraction of sp³-hybridized carbons (Fsp3) is 0.526. The lowest BCUT2D eigenvalue weighted by Gasteiger charge is -2.15. The molecule has 6 rings (SSSR count). The predicted molar refractivity (Wildman–Crippen MR) is 102 cm³/mol. The van der Waals surface area contributed by atoms with E-state index in [1.807, 2.05) is 12.3 Å². The minimum Gasteiger partial charge on any atom is -0.456 e. The first-order valence-electron chi connectivity index (χ1n) is 9.77. The van der Waals surface area contributed by atoms with Crippen LogP contribution >= 0.6 is 11.6 Å². The van der Waals surface area contributed by atoms with Crippen LogP contribution in [0.5, 0.6) is 6.01 Å². The lowest BCUT2D eigenvalue weighted by Crippen LogP contribution is -2.32. The Morgan fingerprint density at radius 1 is 1.25 bits per heavy atom. The van der Waals surface area contributed by atoms with Crippen LogP contribution in [-0.2, 0) is 22.4 Å². The van der Waals surface area contributed by atoms with Crippen LogP contribution in [-0.4, -0.2) is 56.3 Å². The zero-order valence-corrected chi connectivity index (χ0v) is 16.0. The smallest absolute Gasteiger partial charge is 0.296 e. The Morgan fingerprint density at radius 3 is 3.18 bits per heavy atom. The quantitative estimate of drug-likeness (QED) is 0.726. The van der Waals surface area contributed by atoms with Crippen LogP contribution in [0.25, 0.3) is 22.4 Å². The van der Waals surface area contributed by atoms with E-state index >= 15 is 0 Å². The second-order valence-electron chi connectivity index (χ2n) is 7.57. The van der Waals surface area contributed by atoms with Gasteiger partial charge in [0.15, 0.2) is 11.8 Å². The van der Waals surface area contributed by atoms with E-state index in [9.17, 15) is 0 Å². The first-order chi connectivity index (χ1) is 13.8. The largest absolute Gasteiger partial charge is 0.456 e. The average molecular weight is 402 g/mol. The molecule has 9 heteroatoms. The topological polar surface area (TPSA) is 87.1 Å². The van der Waals surface area contributed by atoms with Gasteiger partial charge in [0.2, 0.25) is 0 Å². The van der Waals surface area contributed by atoms with Crippen molar-refractivity contribution in [3.8, 4) is 17.3 Å². The van der Waals surface area contributed by atoms with E-state index < -0.39 is 0 Å². The Balaban J connectivity index is 1.33. The van der Waals surface area contributed by atoms with Crippen LogP contribution in [0.2, 0.25) is 5.02 Å². The number of hydrogen-bond donors (Lipinski definition) is 1. The van der Waals surface area contributed by atoms with Gasteiger partial charge in [0.05, 0.1) is 35.1 Å². The number of halogens is 1. The van der Waals surface area contributed by atoms with Crippen molar-refractivity contribution in [2.24, 2.45) is 0 Å². The van der Waals surface area contributed by atoms with Gasteiger partial charge in [-0.25, -0.2) is 4.98 Å². The summed E-state index contributed by atoms with van der Waals surface area (Å²) in [6.07, 6.45) is 6.02. The van der Waals surface area contributed by atoms with Crippen molar-refractivity contribution >= 4 is 22.8 Å². The molecule has 146 valence electrons. The van der Waals surface area contributed by atoms with E-state index in [0.29, 0.717) is 29.9 Å². The average Bonchev–Trinajstić information content (AvgIpc) is 3.45. The standard InChI is InChI=1S/C19H20ClN5O3/c20-11-7-12-18(23-16(11)10-8-21-25-5-2-1-3-13(10)25)24-19(22-12)28-15-9-27-14-4-6-26-17(14)15/h7-8,14-15,17H,1-6,9H2,(H,22,23,24)/t14-,15-,17+/m1/s1. The Bertz CT molecular complexity index is 1050. The minimum atomic E-state index is -0.161. The molecule has 3 atom stereocenters. The van der Waals surface area contributed by atoms with Gasteiger partial charge in [-0.3, -0.25) is 4.68 Å². The van der Waals surface area contributed by atoms with E-state index in [1.54, 1.807) is 0 Å². The number of aryl methyl sites for hydroxylation is 1. The number of hydrogen-bond acceptors (Lipinski definition) is 6. The van der Waals surface area contributed by atoms with Crippen LogP contribution in [0, 0.1) is 0 Å². The molecule has 2 saturated heterocycles. The summed E-state index contributed by atoms with van der Waals surface area (Å²) in [5.74, 6) is 0. The van der Waals surface area contributed by atoms with Crippen LogP contribution < -0.4 is 4.74 Å². The number of rotatable bonds is 3. The molecule has 3 aromatic heterocycles. The maximum absolute atomic E-state index is 6.56. The Hall–Kier alpha value is -2.16. The molecule has 0 aromatic carbocycles. The molecule has 2 fully saturated rings. The van der Waals surface area contributed by atoms with Gasteiger partial charge in [0.25, 0.3) is 6.01 Å². The van der Waals surface area contributed by atoms with E-state index in [4.69, 9.17) is 30.8 Å². The Morgan fingerprint density at radius 2 is 2.21 bits per heavy atom. The summed E-state index contributed by atoms with van der Waals surface area (Å²) in [4.78, 5) is 12.4. The number of aromatic amines is 1. The van der Waals surface area contributed by atoms with Gasteiger partial charge in [-0.15, -0.1) is 0 Å². The number of imidazole rings is 1. The second kappa shape index (κ2) is 6.43. The summed E-state index contributed by atoms with van der Waals surface area (Å²) in [7, 11) is 0. The molecule has 8 nitrogen and oxygen atoms in total. The van der Waals surface area contributed by atoms with E-state index in [0.717, 1.165) is 49.0 Å². The second-order valence-corrected chi connectivity index (χ2v) is 7.98. The van der Waals surface area contributed by atoms with Crippen molar-refractivity contribution in [2.75, 3.05) is 13.2 Å². The van der Waals surface area contributed by atoms with Crippen molar-refractivity contribution in [3.05, 3.63) is 23.0 Å². The number of nitrogens with one attached hydrogen (secondary N) is 1. The van der Waals surface area contributed by atoms with Crippen LogP contribution in [0.4, 0.5) is 0 Å². The van der Waals surface area contributed by atoms with Crippen LogP contribution in [0.1, 0.15) is 25.0 Å². The fourth-order valence-electron chi connectivity index (χ4n) is 4.43. The Labute approximate surface area is 166 Å². The molecule has 0 radical (unpaired) electrons. The summed E-state index contributed by atoms with van der Waals surface area (Å²) >= 11 is 6.56. The molecule has 3 aliphatic heterocycles. The highest BCUT2D eigenvalue weighted by Gasteiger charge is 2.43. The zero-order chi connectivity index (χ0) is 18.7. The Kier molecular flexibility index (Phi) is 3.85. The highest BCUT2D eigenvalue weighted by atomic mass is 35.5. The molecule has 3 aliphatic rings. The van der Waals surface area contributed by atoms with Crippen LogP contribution in [0.3, 0.4) is 0 Å². The molecule has 0 aliphatic carbocycles. The number of fused-ring (bicyclic) bond motifs is 3. The third-order valence-electron chi connectivity index (χ3n) is 5.83. The molecule has 0 spiro atoms. The molecular formula is C19H20ClN5O3. The molecule has 0 unspecified atom stereocenters. The first kappa shape index (κ1) is 16.8. The van der Waals surface area contributed by atoms with Gasteiger partial charge < -0.3 is 19.2 Å². The summed E-state index contributed by atoms with van der Waals surface area (Å²) in [6, 6.07) is 2.27. The van der Waals surface area contributed by atoms with Crippen molar-refractivity contribution in [1.82, 2.24) is 24.7 Å². The SMILES string of the molecule is Clc1cc2[nH]c(O[C@@H]3CO[C@@H]4CCO[C@@H]43)nc2nc1-c1cnn2c1CCCC2. The summed E-state index contributed by atoms with van der Waals surface area (Å²) in [6.45, 7) is 2.17. The highest BCUT2D eigenvalue weighted by molar-refractivity contribution is 6.33. The molecule has 3 aromatic rings. The maximum atomic E-state index is 6.56. The first-order valence-corrected chi connectivity index (χ1v) is 10.2. The summed E-state index contributed by atoms with van der Waals surface area (Å²) in [5, 5.41) is 5.07. The third kappa shape index (κ3) is 2.62. The number of aromatic nitrogens is 5. The van der Waals surface area contributed by atoms with Gasteiger partial charge in [-0.05, 0) is 31.7 Å². The van der Waals surface area contributed by atoms with Crippen LogP contribution in [0.15, 0.2) is 12.3 Å². The normalized spacial score (nSPS) is 26.5. The van der Waals surface area contributed by atoms with Crippen molar-refractivity contribution < 1.29 is 14.2 Å². The van der Waals surface area contributed by atoms with Gasteiger partial charge >= 0.3 is 0 Å². The predicted octanol–water partition coefficient (Wildman–Crippen LogP) is 2.75. The van der Waals surface area contributed by atoms with Crippen molar-refractivity contribution in [2.45, 2.75) is 50.5 Å². The molecule has 0 amide bonds. The maximum Gasteiger partial charge on any atom is 0.296 e. The molecule has 6 heterocycles. The molecule has 0 saturated carbocycles. The number of nitrogens with zero attached hydrogens (tertiary/aromatic N) is 4. The number of H-pyrrole nitrogens is 1. The molecule has 0 bridgehead atoms. The third-order valence-corrected chi connectivity index (χ3v) is 6.11. The summed E-state index contributed by atoms with van der Waals surface area (Å²) in [5.41, 5.74) is 4.22. The van der Waals surface area contributed by atoms with Gasteiger partial charge in [0, 0.05) is 24.4 Å². The zero-order valence-electron chi connectivity index (χ0n) is 15.2. The van der Waals surface area contributed by atoms with Gasteiger partial charge in [-0.2, -0.15) is 10.1 Å².